The number of morpholine rings is 1. The van der Waals surface area contributed by atoms with Gasteiger partial charge < -0.3 is 23.8 Å². The molecule has 2 fully saturated rings. The first-order valence-corrected chi connectivity index (χ1v) is 10.9. The molecule has 1 atom stereocenters. The average molecular weight is 429 g/mol. The lowest BCUT2D eigenvalue weighted by Gasteiger charge is -2.27. The van der Waals surface area contributed by atoms with E-state index in [0.717, 1.165) is 94.0 Å². The predicted molar refractivity (Wildman–Crippen MR) is 118 cm³/mol. The summed E-state index contributed by atoms with van der Waals surface area (Å²) >= 11 is 0. The third kappa shape index (κ3) is 5.84. The molecule has 1 aromatic heterocycles. The minimum absolute atomic E-state index is 0.262. The maximum Gasteiger partial charge on any atom is 0.225 e. The van der Waals surface area contributed by atoms with E-state index in [-0.39, 0.29) is 6.10 Å². The molecule has 2 aromatic rings. The van der Waals surface area contributed by atoms with Gasteiger partial charge in [-0.05, 0) is 18.9 Å². The Kier molecular flexibility index (Phi) is 7.56. The molecule has 0 unspecified atom stereocenters. The normalized spacial score (nSPS) is 19.1. The number of hydrogen-bond acceptors (Lipinski definition) is 8. The minimum Gasteiger partial charge on any atom is -0.497 e. The number of benzene rings is 1. The summed E-state index contributed by atoms with van der Waals surface area (Å²) in [6.45, 7) is 6.33. The van der Waals surface area contributed by atoms with Crippen LogP contribution in [0.2, 0.25) is 0 Å². The van der Waals surface area contributed by atoms with Crippen molar-refractivity contribution in [2.75, 3.05) is 58.6 Å². The lowest BCUT2D eigenvalue weighted by Crippen LogP contribution is -2.37. The molecule has 0 N–H and O–H groups in total. The fourth-order valence-electron chi connectivity index (χ4n) is 4.10. The monoisotopic (exact) mass is 428 g/mol. The Hall–Kier alpha value is -2.42. The maximum absolute atomic E-state index is 5.91. The molecule has 0 aliphatic carbocycles. The summed E-state index contributed by atoms with van der Waals surface area (Å²) < 4.78 is 22.3. The zero-order valence-electron chi connectivity index (χ0n) is 18.5. The molecule has 0 radical (unpaired) electrons. The topological polar surface area (TPSA) is 69.2 Å². The van der Waals surface area contributed by atoms with Gasteiger partial charge in [-0.25, -0.2) is 9.97 Å². The zero-order chi connectivity index (χ0) is 21.5. The van der Waals surface area contributed by atoms with Crippen molar-refractivity contribution in [2.45, 2.75) is 32.0 Å². The molecule has 8 nitrogen and oxygen atoms in total. The van der Waals surface area contributed by atoms with Gasteiger partial charge in [0.05, 0.1) is 33.5 Å². The van der Waals surface area contributed by atoms with E-state index in [1.54, 1.807) is 14.2 Å². The van der Waals surface area contributed by atoms with Gasteiger partial charge in [0.2, 0.25) is 5.95 Å². The molecule has 8 heteroatoms. The number of aromatic nitrogens is 2. The van der Waals surface area contributed by atoms with E-state index >= 15 is 0 Å². The molecule has 1 aromatic carbocycles. The van der Waals surface area contributed by atoms with Crippen molar-refractivity contribution in [3.63, 3.8) is 0 Å². The summed E-state index contributed by atoms with van der Waals surface area (Å²) in [5.74, 6) is 2.39. The highest BCUT2D eigenvalue weighted by molar-refractivity contribution is 5.40. The number of ether oxygens (including phenoxy) is 4. The first kappa shape index (κ1) is 21.8. The van der Waals surface area contributed by atoms with Gasteiger partial charge in [0.1, 0.15) is 11.5 Å². The Morgan fingerprint density at radius 3 is 2.55 bits per heavy atom. The van der Waals surface area contributed by atoms with Gasteiger partial charge in [-0.15, -0.1) is 0 Å². The third-order valence-electron chi connectivity index (χ3n) is 5.77. The fraction of sp³-hybridized carbons (Fsp3) is 0.565. The van der Waals surface area contributed by atoms with Gasteiger partial charge in [0.25, 0.3) is 0 Å². The predicted octanol–water partition coefficient (Wildman–Crippen LogP) is 2.51. The van der Waals surface area contributed by atoms with Crippen LogP contribution in [-0.4, -0.2) is 74.6 Å². The van der Waals surface area contributed by atoms with E-state index in [9.17, 15) is 0 Å². The summed E-state index contributed by atoms with van der Waals surface area (Å²) in [5, 5.41) is 0. The first-order chi connectivity index (χ1) is 15.2. The van der Waals surface area contributed by atoms with Gasteiger partial charge in [-0.1, -0.05) is 6.07 Å². The van der Waals surface area contributed by atoms with Gasteiger partial charge in [-0.2, -0.15) is 0 Å². The standard InChI is InChI=1S/C23H32N4O4/c1-28-20-6-5-19(22(12-20)29-2)16-26(17-21-4-3-9-31-21)15-18-13-24-23(25-14-18)27-7-10-30-11-8-27/h5-6,12-14,21H,3-4,7-11,15-17H2,1-2H3/t21-/m0/s1. The number of hydrogen-bond donors (Lipinski definition) is 0. The molecule has 31 heavy (non-hydrogen) atoms. The highest BCUT2D eigenvalue weighted by atomic mass is 16.5. The lowest BCUT2D eigenvalue weighted by molar-refractivity contribution is 0.0675. The summed E-state index contributed by atoms with van der Waals surface area (Å²) in [6, 6.07) is 5.97. The van der Waals surface area contributed by atoms with Crippen LogP contribution >= 0.6 is 0 Å². The van der Waals surface area contributed by atoms with Gasteiger partial charge in [0.15, 0.2) is 0 Å². The molecule has 0 amide bonds. The van der Waals surface area contributed by atoms with E-state index in [1.807, 2.05) is 24.5 Å². The first-order valence-electron chi connectivity index (χ1n) is 10.9. The molecule has 2 aliphatic rings. The molecule has 4 rings (SSSR count). The van der Waals surface area contributed by atoms with Gasteiger partial charge in [0, 0.05) is 68.9 Å². The number of rotatable bonds is 9. The molecule has 2 aliphatic heterocycles. The van der Waals surface area contributed by atoms with Crippen molar-refractivity contribution in [1.29, 1.82) is 0 Å². The highest BCUT2D eigenvalue weighted by Crippen LogP contribution is 2.27. The second kappa shape index (κ2) is 10.7. The number of methoxy groups -OCH3 is 2. The summed E-state index contributed by atoms with van der Waals surface area (Å²) in [4.78, 5) is 13.8. The maximum atomic E-state index is 5.91. The molecule has 168 valence electrons. The van der Waals surface area contributed by atoms with Crippen LogP contribution in [0.3, 0.4) is 0 Å². The van der Waals surface area contributed by atoms with Crippen molar-refractivity contribution in [2.24, 2.45) is 0 Å². The Morgan fingerprint density at radius 1 is 1.06 bits per heavy atom. The molecule has 0 bridgehead atoms. The van der Waals surface area contributed by atoms with Gasteiger partial charge in [-0.3, -0.25) is 4.90 Å². The summed E-state index contributed by atoms with van der Waals surface area (Å²) in [6.07, 6.45) is 6.36. The van der Waals surface area contributed by atoms with Crippen molar-refractivity contribution in [1.82, 2.24) is 14.9 Å². The van der Waals surface area contributed by atoms with Crippen LogP contribution in [0.15, 0.2) is 30.6 Å². The molecule has 2 saturated heterocycles. The molecule has 3 heterocycles. The number of anilines is 1. The summed E-state index contributed by atoms with van der Waals surface area (Å²) in [7, 11) is 3.36. The van der Waals surface area contributed by atoms with Crippen molar-refractivity contribution in [3.05, 3.63) is 41.7 Å². The lowest BCUT2D eigenvalue weighted by atomic mass is 10.1. The Bertz CT molecular complexity index is 821. The van der Waals surface area contributed by atoms with E-state index in [1.165, 1.54) is 0 Å². The van der Waals surface area contributed by atoms with E-state index < -0.39 is 0 Å². The van der Waals surface area contributed by atoms with E-state index in [4.69, 9.17) is 18.9 Å². The largest absolute Gasteiger partial charge is 0.497 e. The average Bonchev–Trinajstić information content (AvgIpc) is 3.33. The van der Waals surface area contributed by atoms with Crippen LogP contribution in [0.5, 0.6) is 11.5 Å². The molecule has 0 spiro atoms. The minimum atomic E-state index is 0.262. The van der Waals surface area contributed by atoms with Crippen LogP contribution < -0.4 is 14.4 Å². The third-order valence-corrected chi connectivity index (χ3v) is 5.77. The second-order valence-corrected chi connectivity index (χ2v) is 7.97. The Morgan fingerprint density at radius 2 is 1.87 bits per heavy atom. The van der Waals surface area contributed by atoms with Crippen LogP contribution in [0.1, 0.15) is 24.0 Å². The second-order valence-electron chi connectivity index (χ2n) is 7.97. The van der Waals surface area contributed by atoms with Crippen LogP contribution in [0, 0.1) is 0 Å². The Balaban J connectivity index is 1.47. The van der Waals surface area contributed by atoms with Crippen molar-refractivity contribution in [3.8, 4) is 11.5 Å². The van der Waals surface area contributed by atoms with Gasteiger partial charge >= 0.3 is 0 Å². The SMILES string of the molecule is COc1ccc(CN(Cc2cnc(N3CCOCC3)nc2)C[C@@H]2CCCO2)c(OC)c1. The van der Waals surface area contributed by atoms with Crippen molar-refractivity contribution >= 4 is 5.95 Å². The number of nitrogens with zero attached hydrogens (tertiary/aromatic N) is 4. The highest BCUT2D eigenvalue weighted by Gasteiger charge is 2.21. The van der Waals surface area contributed by atoms with Crippen LogP contribution in [0.4, 0.5) is 5.95 Å². The molecule has 0 saturated carbocycles. The summed E-state index contributed by atoms with van der Waals surface area (Å²) in [5.41, 5.74) is 2.20. The van der Waals surface area contributed by atoms with Crippen molar-refractivity contribution < 1.29 is 18.9 Å². The quantitative estimate of drug-likeness (QED) is 0.604. The van der Waals surface area contributed by atoms with Crippen LogP contribution in [-0.2, 0) is 22.6 Å². The van der Waals surface area contributed by atoms with Crippen LogP contribution in [0.25, 0.3) is 0 Å². The molecular formula is C23H32N4O4. The molecular weight excluding hydrogens is 396 g/mol. The smallest absolute Gasteiger partial charge is 0.225 e. The fourth-order valence-corrected chi connectivity index (χ4v) is 4.10. The van der Waals surface area contributed by atoms with E-state index in [2.05, 4.69) is 25.8 Å². The Labute approximate surface area is 184 Å². The van der Waals surface area contributed by atoms with E-state index in [0.29, 0.717) is 0 Å². The zero-order valence-corrected chi connectivity index (χ0v) is 18.5.